The number of hydrogen-bond donors (Lipinski definition) is 1. The third-order valence-corrected chi connectivity index (χ3v) is 3.97. The molecule has 0 aliphatic carbocycles. The SMILES string of the molecule is Cc1cc(Br)cnc1N1CCC(C(C)O)CC1. The number of piperidine rings is 1. The van der Waals surface area contributed by atoms with Gasteiger partial charge < -0.3 is 10.0 Å². The molecule has 2 heterocycles. The van der Waals surface area contributed by atoms with E-state index in [0.29, 0.717) is 5.92 Å². The van der Waals surface area contributed by atoms with Crippen LogP contribution in [0.25, 0.3) is 0 Å². The molecule has 0 aromatic carbocycles. The van der Waals surface area contributed by atoms with Gasteiger partial charge in [0.05, 0.1) is 6.10 Å². The van der Waals surface area contributed by atoms with Crippen LogP contribution in [-0.4, -0.2) is 29.3 Å². The number of aryl methyl sites for hydroxylation is 1. The second-order valence-corrected chi connectivity index (χ2v) is 5.77. The van der Waals surface area contributed by atoms with E-state index < -0.39 is 0 Å². The van der Waals surface area contributed by atoms with Gasteiger partial charge in [0.1, 0.15) is 5.82 Å². The predicted octanol–water partition coefficient (Wildman–Crippen LogP) is 2.75. The average Bonchev–Trinajstić information content (AvgIpc) is 2.29. The summed E-state index contributed by atoms with van der Waals surface area (Å²) in [7, 11) is 0. The second kappa shape index (κ2) is 5.36. The lowest BCUT2D eigenvalue weighted by molar-refractivity contribution is 0.110. The van der Waals surface area contributed by atoms with E-state index in [-0.39, 0.29) is 6.10 Å². The van der Waals surface area contributed by atoms with E-state index >= 15 is 0 Å². The molecule has 3 nitrogen and oxygen atoms in total. The Kier molecular flexibility index (Phi) is 4.05. The van der Waals surface area contributed by atoms with Gasteiger partial charge >= 0.3 is 0 Å². The van der Waals surface area contributed by atoms with Gasteiger partial charge in [-0.1, -0.05) is 0 Å². The van der Waals surface area contributed by atoms with Gasteiger partial charge in [0.25, 0.3) is 0 Å². The molecule has 1 atom stereocenters. The van der Waals surface area contributed by atoms with Crippen molar-refractivity contribution in [2.45, 2.75) is 32.8 Å². The summed E-state index contributed by atoms with van der Waals surface area (Å²) >= 11 is 3.43. The Bertz CT molecular complexity index is 387. The Balaban J connectivity index is 2.05. The van der Waals surface area contributed by atoms with E-state index in [4.69, 9.17) is 0 Å². The maximum Gasteiger partial charge on any atom is 0.131 e. The molecule has 0 amide bonds. The van der Waals surface area contributed by atoms with Gasteiger partial charge in [-0.3, -0.25) is 0 Å². The number of anilines is 1. The fourth-order valence-corrected chi connectivity index (χ4v) is 2.90. The van der Waals surface area contributed by atoms with E-state index in [1.807, 2.05) is 13.1 Å². The van der Waals surface area contributed by atoms with Crippen LogP contribution in [-0.2, 0) is 0 Å². The molecule has 17 heavy (non-hydrogen) atoms. The van der Waals surface area contributed by atoms with Crippen LogP contribution in [0, 0.1) is 12.8 Å². The number of pyridine rings is 1. The zero-order chi connectivity index (χ0) is 12.4. The largest absolute Gasteiger partial charge is 0.393 e. The third kappa shape index (κ3) is 2.99. The van der Waals surface area contributed by atoms with E-state index in [1.165, 1.54) is 5.56 Å². The van der Waals surface area contributed by atoms with Gasteiger partial charge in [0.2, 0.25) is 0 Å². The maximum atomic E-state index is 9.58. The highest BCUT2D eigenvalue weighted by atomic mass is 79.9. The fraction of sp³-hybridized carbons (Fsp3) is 0.615. The Hall–Kier alpha value is -0.610. The molecule has 2 rings (SSSR count). The molecule has 1 aromatic heterocycles. The number of aliphatic hydroxyl groups is 1. The molecule has 1 unspecified atom stereocenters. The van der Waals surface area contributed by atoms with Crippen molar-refractivity contribution < 1.29 is 5.11 Å². The maximum absolute atomic E-state index is 9.58. The van der Waals surface area contributed by atoms with Gasteiger partial charge in [-0.2, -0.15) is 0 Å². The van der Waals surface area contributed by atoms with Crippen molar-refractivity contribution in [1.29, 1.82) is 0 Å². The first kappa shape index (κ1) is 12.8. The lowest BCUT2D eigenvalue weighted by Gasteiger charge is -2.34. The van der Waals surface area contributed by atoms with Crippen molar-refractivity contribution in [3.63, 3.8) is 0 Å². The van der Waals surface area contributed by atoms with E-state index in [0.717, 1.165) is 36.2 Å². The Morgan fingerprint density at radius 2 is 2.12 bits per heavy atom. The van der Waals surface area contributed by atoms with Gasteiger partial charge in [-0.05, 0) is 60.2 Å². The summed E-state index contributed by atoms with van der Waals surface area (Å²) < 4.78 is 1.03. The summed E-state index contributed by atoms with van der Waals surface area (Å²) in [5.74, 6) is 1.53. The molecular weight excluding hydrogens is 280 g/mol. The first-order chi connectivity index (χ1) is 8.08. The molecule has 1 aliphatic heterocycles. The number of nitrogens with zero attached hydrogens (tertiary/aromatic N) is 2. The van der Waals surface area contributed by atoms with Crippen molar-refractivity contribution in [2.75, 3.05) is 18.0 Å². The first-order valence-corrected chi connectivity index (χ1v) is 6.92. The zero-order valence-corrected chi connectivity index (χ0v) is 11.9. The Labute approximate surface area is 111 Å². The minimum Gasteiger partial charge on any atom is -0.393 e. The summed E-state index contributed by atoms with van der Waals surface area (Å²) in [6.45, 7) is 5.97. The van der Waals surface area contributed by atoms with Gasteiger partial charge in [0, 0.05) is 23.8 Å². The number of aromatic nitrogens is 1. The average molecular weight is 299 g/mol. The number of hydrogen-bond acceptors (Lipinski definition) is 3. The lowest BCUT2D eigenvalue weighted by atomic mass is 9.92. The highest BCUT2D eigenvalue weighted by Gasteiger charge is 2.23. The molecule has 0 bridgehead atoms. The van der Waals surface area contributed by atoms with Crippen LogP contribution >= 0.6 is 15.9 Å². The van der Waals surface area contributed by atoms with E-state index in [1.54, 1.807) is 0 Å². The molecule has 1 aliphatic rings. The van der Waals surface area contributed by atoms with Gasteiger partial charge in [-0.15, -0.1) is 0 Å². The topological polar surface area (TPSA) is 36.4 Å². The Morgan fingerprint density at radius 3 is 2.65 bits per heavy atom. The van der Waals surface area contributed by atoms with Gasteiger partial charge in [0.15, 0.2) is 0 Å². The van der Waals surface area contributed by atoms with Crippen LogP contribution in [0.4, 0.5) is 5.82 Å². The lowest BCUT2D eigenvalue weighted by Crippen LogP contribution is -2.37. The summed E-state index contributed by atoms with van der Waals surface area (Å²) in [6.07, 6.45) is 3.77. The van der Waals surface area contributed by atoms with Crippen molar-refractivity contribution in [3.05, 3.63) is 22.3 Å². The van der Waals surface area contributed by atoms with Crippen molar-refractivity contribution in [2.24, 2.45) is 5.92 Å². The summed E-state index contributed by atoms with van der Waals surface area (Å²) in [5, 5.41) is 9.58. The molecule has 1 fully saturated rings. The van der Waals surface area contributed by atoms with Crippen LogP contribution < -0.4 is 4.90 Å². The quantitative estimate of drug-likeness (QED) is 0.912. The number of aliphatic hydroxyl groups excluding tert-OH is 1. The second-order valence-electron chi connectivity index (χ2n) is 4.86. The molecule has 1 N–H and O–H groups in total. The van der Waals surface area contributed by atoms with Crippen LogP contribution in [0.1, 0.15) is 25.3 Å². The number of rotatable bonds is 2. The predicted molar refractivity (Wildman–Crippen MR) is 73.3 cm³/mol. The minimum atomic E-state index is -0.184. The van der Waals surface area contributed by atoms with Crippen molar-refractivity contribution >= 4 is 21.7 Å². The summed E-state index contributed by atoms with van der Waals surface area (Å²) in [5.41, 5.74) is 1.20. The first-order valence-electron chi connectivity index (χ1n) is 6.13. The molecule has 1 aromatic rings. The smallest absolute Gasteiger partial charge is 0.131 e. The molecular formula is C13H19BrN2O. The van der Waals surface area contributed by atoms with Crippen LogP contribution in [0.5, 0.6) is 0 Å². The van der Waals surface area contributed by atoms with Gasteiger partial charge in [-0.25, -0.2) is 4.98 Å². The molecule has 94 valence electrons. The molecule has 0 spiro atoms. The van der Waals surface area contributed by atoms with Crippen LogP contribution in [0.15, 0.2) is 16.7 Å². The van der Waals surface area contributed by atoms with Crippen molar-refractivity contribution in [1.82, 2.24) is 4.98 Å². The van der Waals surface area contributed by atoms with Crippen LogP contribution in [0.3, 0.4) is 0 Å². The molecule has 1 saturated heterocycles. The van der Waals surface area contributed by atoms with E-state index in [9.17, 15) is 5.11 Å². The number of halogens is 1. The summed E-state index contributed by atoms with van der Waals surface area (Å²) in [4.78, 5) is 6.81. The highest BCUT2D eigenvalue weighted by Crippen LogP contribution is 2.27. The zero-order valence-electron chi connectivity index (χ0n) is 10.4. The molecule has 0 radical (unpaired) electrons. The Morgan fingerprint density at radius 1 is 1.47 bits per heavy atom. The normalized spacial score (nSPS) is 19.4. The fourth-order valence-electron chi connectivity index (χ4n) is 2.46. The van der Waals surface area contributed by atoms with Crippen LogP contribution in [0.2, 0.25) is 0 Å². The molecule has 0 saturated carbocycles. The standard InChI is InChI=1S/C13H19BrN2O/c1-9-7-12(14)8-15-13(9)16-5-3-11(4-6-16)10(2)17/h7-8,10-11,17H,3-6H2,1-2H3. The monoisotopic (exact) mass is 298 g/mol. The minimum absolute atomic E-state index is 0.184. The third-order valence-electron chi connectivity index (χ3n) is 3.54. The van der Waals surface area contributed by atoms with Crippen molar-refractivity contribution in [3.8, 4) is 0 Å². The highest BCUT2D eigenvalue weighted by molar-refractivity contribution is 9.10. The van der Waals surface area contributed by atoms with E-state index in [2.05, 4.69) is 38.8 Å². The molecule has 4 heteroatoms. The summed E-state index contributed by atoms with van der Waals surface area (Å²) in [6, 6.07) is 2.10.